The zero-order valence-electron chi connectivity index (χ0n) is 15.2. The van der Waals surface area contributed by atoms with Crippen LogP contribution < -0.4 is 10.2 Å². The number of hydrogen-bond acceptors (Lipinski definition) is 6. The van der Waals surface area contributed by atoms with Gasteiger partial charge in [-0.15, -0.1) is 0 Å². The molecule has 7 nitrogen and oxygen atoms in total. The van der Waals surface area contributed by atoms with E-state index in [-0.39, 0.29) is 5.91 Å². The molecule has 1 unspecified atom stereocenters. The summed E-state index contributed by atoms with van der Waals surface area (Å²) in [5, 5.41) is 2.79. The zero-order valence-corrected chi connectivity index (χ0v) is 15.2. The first-order valence-electron chi connectivity index (χ1n) is 9.09. The first kappa shape index (κ1) is 17.5. The molecule has 2 aromatic rings. The number of nitrogens with one attached hydrogen (secondary N) is 1. The molecule has 3 heterocycles. The summed E-state index contributed by atoms with van der Waals surface area (Å²) >= 11 is 0. The molecule has 2 aliphatic rings. The number of aromatic nitrogens is 1. The third kappa shape index (κ3) is 3.78. The highest BCUT2D eigenvalue weighted by Crippen LogP contribution is 2.22. The maximum Gasteiger partial charge on any atom is 0.339 e. The summed E-state index contributed by atoms with van der Waals surface area (Å²) < 4.78 is 5.29. The van der Waals surface area contributed by atoms with Crippen LogP contribution in [0.1, 0.15) is 15.9 Å². The molecule has 140 valence electrons. The number of carbonyl (C=O) groups is 2. The van der Waals surface area contributed by atoms with E-state index in [1.807, 2.05) is 24.3 Å². The lowest BCUT2D eigenvalue weighted by molar-refractivity contribution is -0.125. The molecule has 1 fully saturated rings. The number of carbonyl (C=O) groups excluding carboxylic acids is 2. The number of likely N-dealkylation sites (N-methyl/N-ethyl adjacent to an activating group) is 1. The normalized spacial score (nSPS) is 20.0. The van der Waals surface area contributed by atoms with Crippen LogP contribution in [0.15, 0.2) is 42.6 Å². The number of anilines is 2. The van der Waals surface area contributed by atoms with Crippen molar-refractivity contribution < 1.29 is 14.3 Å². The van der Waals surface area contributed by atoms with E-state index in [0.717, 1.165) is 37.6 Å². The van der Waals surface area contributed by atoms with Crippen LogP contribution in [-0.4, -0.2) is 61.1 Å². The number of esters is 1. The first-order chi connectivity index (χ1) is 13.1. The van der Waals surface area contributed by atoms with Crippen LogP contribution in [0.2, 0.25) is 0 Å². The van der Waals surface area contributed by atoms with Crippen molar-refractivity contribution in [3.8, 4) is 0 Å². The van der Waals surface area contributed by atoms with Crippen molar-refractivity contribution in [1.82, 2.24) is 9.88 Å². The number of piperazine rings is 1. The van der Waals surface area contributed by atoms with Crippen molar-refractivity contribution in [2.45, 2.75) is 12.5 Å². The quantitative estimate of drug-likeness (QED) is 0.831. The molecule has 2 aliphatic heterocycles. The van der Waals surface area contributed by atoms with Crippen molar-refractivity contribution in [1.29, 1.82) is 0 Å². The van der Waals surface area contributed by atoms with Gasteiger partial charge in [-0.2, -0.15) is 0 Å². The highest BCUT2D eigenvalue weighted by atomic mass is 16.5. The molecule has 1 aromatic carbocycles. The molecule has 1 N–H and O–H groups in total. The minimum absolute atomic E-state index is 0.341. The molecular weight excluding hydrogens is 344 g/mol. The lowest BCUT2D eigenvalue weighted by Crippen LogP contribution is -2.44. The molecule has 27 heavy (non-hydrogen) atoms. The number of amides is 1. The topological polar surface area (TPSA) is 74.8 Å². The summed E-state index contributed by atoms with van der Waals surface area (Å²) in [4.78, 5) is 33.6. The Morgan fingerprint density at radius 2 is 1.93 bits per heavy atom. The predicted molar refractivity (Wildman–Crippen MR) is 102 cm³/mol. The van der Waals surface area contributed by atoms with Gasteiger partial charge in [0.2, 0.25) is 0 Å². The molecule has 0 aliphatic carbocycles. The minimum Gasteiger partial charge on any atom is -0.448 e. The van der Waals surface area contributed by atoms with Crippen LogP contribution in [0, 0.1) is 0 Å². The highest BCUT2D eigenvalue weighted by molar-refractivity contribution is 6.00. The summed E-state index contributed by atoms with van der Waals surface area (Å²) in [5.41, 5.74) is 1.95. The fraction of sp³-hybridized carbons (Fsp3) is 0.350. The number of pyridine rings is 1. The number of cyclic esters (lactones) is 1. The van der Waals surface area contributed by atoms with Crippen LogP contribution in [0.5, 0.6) is 0 Å². The number of benzene rings is 1. The Labute approximate surface area is 157 Å². The maximum absolute atomic E-state index is 12.5. The Bertz CT molecular complexity index is 845. The van der Waals surface area contributed by atoms with Gasteiger partial charge in [-0.1, -0.05) is 18.2 Å². The summed E-state index contributed by atoms with van der Waals surface area (Å²) in [6.45, 7) is 3.89. The molecule has 4 rings (SSSR count). The molecule has 1 atom stereocenters. The van der Waals surface area contributed by atoms with Crippen LogP contribution in [-0.2, 0) is 16.0 Å². The third-order valence-corrected chi connectivity index (χ3v) is 5.03. The van der Waals surface area contributed by atoms with E-state index in [4.69, 9.17) is 4.74 Å². The standard InChI is InChI=1S/C20H22N4O3/c1-23-8-10-24(11-9-23)18-7-6-15(13-21-18)22-19(25)17-12-14-4-2-3-5-16(14)20(26)27-17/h2-7,13,17H,8-12H2,1H3,(H,22,25). The molecule has 0 spiro atoms. The van der Waals surface area contributed by atoms with Crippen LogP contribution in [0.3, 0.4) is 0 Å². The van der Waals surface area contributed by atoms with Gasteiger partial charge in [-0.25, -0.2) is 9.78 Å². The van der Waals surface area contributed by atoms with E-state index in [9.17, 15) is 9.59 Å². The highest BCUT2D eigenvalue weighted by Gasteiger charge is 2.31. The van der Waals surface area contributed by atoms with Gasteiger partial charge in [0.15, 0.2) is 6.10 Å². The second kappa shape index (κ2) is 7.36. The molecule has 0 saturated carbocycles. The van der Waals surface area contributed by atoms with Gasteiger partial charge in [0.1, 0.15) is 5.82 Å². The van der Waals surface area contributed by atoms with E-state index in [0.29, 0.717) is 17.7 Å². The van der Waals surface area contributed by atoms with Gasteiger partial charge in [0, 0.05) is 32.6 Å². The lowest BCUT2D eigenvalue weighted by Gasteiger charge is -2.33. The van der Waals surface area contributed by atoms with Crippen molar-refractivity contribution in [3.63, 3.8) is 0 Å². The Kier molecular flexibility index (Phi) is 4.77. The van der Waals surface area contributed by atoms with E-state index >= 15 is 0 Å². The van der Waals surface area contributed by atoms with Crippen molar-refractivity contribution in [3.05, 3.63) is 53.7 Å². The molecule has 1 aromatic heterocycles. The lowest BCUT2D eigenvalue weighted by atomic mass is 9.98. The Morgan fingerprint density at radius 1 is 1.15 bits per heavy atom. The van der Waals surface area contributed by atoms with Crippen LogP contribution >= 0.6 is 0 Å². The monoisotopic (exact) mass is 366 g/mol. The van der Waals surface area contributed by atoms with Crippen molar-refractivity contribution >= 4 is 23.4 Å². The fourth-order valence-corrected chi connectivity index (χ4v) is 3.38. The average Bonchev–Trinajstić information content (AvgIpc) is 2.69. The fourth-order valence-electron chi connectivity index (χ4n) is 3.38. The van der Waals surface area contributed by atoms with E-state index < -0.39 is 12.1 Å². The Balaban J connectivity index is 1.39. The summed E-state index contributed by atoms with van der Waals surface area (Å²) in [6.07, 6.45) is 1.19. The summed E-state index contributed by atoms with van der Waals surface area (Å²) in [5.74, 6) is 0.103. The second-order valence-electron chi connectivity index (χ2n) is 6.94. The first-order valence-corrected chi connectivity index (χ1v) is 9.09. The Morgan fingerprint density at radius 3 is 2.67 bits per heavy atom. The van der Waals surface area contributed by atoms with E-state index in [2.05, 4.69) is 27.1 Å². The van der Waals surface area contributed by atoms with Crippen molar-refractivity contribution in [2.24, 2.45) is 0 Å². The molecule has 0 radical (unpaired) electrons. The van der Waals surface area contributed by atoms with Gasteiger partial charge in [0.05, 0.1) is 17.4 Å². The van der Waals surface area contributed by atoms with Gasteiger partial charge < -0.3 is 19.9 Å². The second-order valence-corrected chi connectivity index (χ2v) is 6.94. The van der Waals surface area contributed by atoms with Crippen LogP contribution in [0.25, 0.3) is 0 Å². The van der Waals surface area contributed by atoms with E-state index in [1.165, 1.54) is 0 Å². The summed E-state index contributed by atoms with van der Waals surface area (Å²) in [6, 6.07) is 10.9. The Hall–Kier alpha value is -2.93. The molecule has 1 saturated heterocycles. The number of nitrogens with zero attached hydrogens (tertiary/aromatic N) is 3. The number of fused-ring (bicyclic) bond motifs is 1. The average molecular weight is 366 g/mol. The van der Waals surface area contributed by atoms with Gasteiger partial charge in [-0.3, -0.25) is 4.79 Å². The number of rotatable bonds is 3. The molecule has 7 heteroatoms. The third-order valence-electron chi connectivity index (χ3n) is 5.03. The molecule has 1 amide bonds. The molecule has 0 bridgehead atoms. The summed E-state index contributed by atoms with van der Waals surface area (Å²) in [7, 11) is 2.11. The van der Waals surface area contributed by atoms with Crippen molar-refractivity contribution in [2.75, 3.05) is 43.4 Å². The van der Waals surface area contributed by atoms with Gasteiger partial charge >= 0.3 is 5.97 Å². The zero-order chi connectivity index (χ0) is 18.8. The minimum atomic E-state index is -0.829. The maximum atomic E-state index is 12.5. The van der Waals surface area contributed by atoms with Gasteiger partial charge in [-0.05, 0) is 30.8 Å². The van der Waals surface area contributed by atoms with Gasteiger partial charge in [0.25, 0.3) is 5.91 Å². The SMILES string of the molecule is CN1CCN(c2ccc(NC(=O)C3Cc4ccccc4C(=O)O3)cn2)CC1. The number of hydrogen-bond donors (Lipinski definition) is 1. The predicted octanol–water partition coefficient (Wildman–Crippen LogP) is 1.55. The smallest absolute Gasteiger partial charge is 0.339 e. The molecular formula is C20H22N4O3. The van der Waals surface area contributed by atoms with Crippen LogP contribution in [0.4, 0.5) is 11.5 Å². The largest absolute Gasteiger partial charge is 0.448 e. The van der Waals surface area contributed by atoms with E-state index in [1.54, 1.807) is 18.3 Å². The number of ether oxygens (including phenoxy) is 1.